The van der Waals surface area contributed by atoms with Crippen LogP contribution in [0.2, 0.25) is 0 Å². The predicted molar refractivity (Wildman–Crippen MR) is 109 cm³/mol. The average molecular weight is 389 g/mol. The van der Waals surface area contributed by atoms with Crippen LogP contribution in [-0.2, 0) is 9.53 Å². The minimum absolute atomic E-state index is 0.178. The largest absolute Gasteiger partial charge is 0.444 e. The third kappa shape index (κ3) is 4.06. The second-order valence-electron chi connectivity index (χ2n) is 7.27. The fourth-order valence-electron chi connectivity index (χ4n) is 3.33. The van der Waals surface area contributed by atoms with Gasteiger partial charge in [0.25, 0.3) is 5.91 Å². The Bertz CT molecular complexity index is 1020. The van der Waals surface area contributed by atoms with Gasteiger partial charge in [0, 0.05) is 11.6 Å². The molecule has 0 spiro atoms. The van der Waals surface area contributed by atoms with E-state index in [1.807, 2.05) is 55.5 Å². The Morgan fingerprint density at radius 1 is 1.03 bits per heavy atom. The number of para-hydroxylation sites is 1. The Kier molecular flexibility index (Phi) is 5.16. The fraction of sp³-hybridized carbons (Fsp3) is 0.261. The van der Waals surface area contributed by atoms with Crippen LogP contribution in [0.5, 0.6) is 0 Å². The van der Waals surface area contributed by atoms with Crippen LogP contribution in [-0.4, -0.2) is 27.7 Å². The van der Waals surface area contributed by atoms with Gasteiger partial charge in [0.1, 0.15) is 5.56 Å². The number of ether oxygens (including phenoxy) is 1. The number of amides is 1. The first-order chi connectivity index (χ1) is 14.0. The van der Waals surface area contributed by atoms with Crippen LogP contribution in [0.15, 0.2) is 60.7 Å². The number of hydrogen-bond acceptors (Lipinski definition) is 4. The molecular formula is C23H23N3O3. The number of carbonyl (C=O) groups is 2. The van der Waals surface area contributed by atoms with Crippen molar-refractivity contribution in [3.8, 4) is 5.69 Å². The molecule has 1 aliphatic rings. The highest BCUT2D eigenvalue weighted by Crippen LogP contribution is 2.26. The van der Waals surface area contributed by atoms with Crippen LogP contribution in [0, 0.1) is 13.8 Å². The van der Waals surface area contributed by atoms with Gasteiger partial charge >= 0.3 is 5.97 Å². The number of hydrogen-bond donors (Lipinski definition) is 1. The second-order valence-corrected chi connectivity index (χ2v) is 7.27. The van der Waals surface area contributed by atoms with Gasteiger partial charge in [-0.3, -0.25) is 4.79 Å². The lowest BCUT2D eigenvalue weighted by atomic mass is 10.1. The molecule has 0 aliphatic heterocycles. The van der Waals surface area contributed by atoms with Gasteiger partial charge in [-0.05, 0) is 38.8 Å². The van der Waals surface area contributed by atoms with E-state index in [1.165, 1.54) is 0 Å². The van der Waals surface area contributed by atoms with E-state index in [1.54, 1.807) is 23.7 Å². The van der Waals surface area contributed by atoms with Crippen LogP contribution in [0.25, 0.3) is 5.69 Å². The monoisotopic (exact) mass is 389 g/mol. The molecule has 6 heteroatoms. The molecule has 29 heavy (non-hydrogen) atoms. The summed E-state index contributed by atoms with van der Waals surface area (Å²) < 4.78 is 7.44. The maximum atomic E-state index is 13.1. The van der Waals surface area contributed by atoms with Gasteiger partial charge in [0.15, 0.2) is 0 Å². The zero-order valence-electron chi connectivity index (χ0n) is 16.5. The summed E-state index contributed by atoms with van der Waals surface area (Å²) in [6.07, 6.45) is 0.926. The topological polar surface area (TPSA) is 73.2 Å². The zero-order valence-corrected chi connectivity index (χ0v) is 16.5. The number of esters is 1. The molecule has 148 valence electrons. The number of benzene rings is 2. The molecule has 1 saturated carbocycles. The van der Waals surface area contributed by atoms with Gasteiger partial charge in [0.2, 0.25) is 6.10 Å². The van der Waals surface area contributed by atoms with E-state index in [4.69, 9.17) is 4.74 Å². The van der Waals surface area contributed by atoms with Crippen LogP contribution in [0.3, 0.4) is 0 Å². The van der Waals surface area contributed by atoms with Crippen molar-refractivity contribution in [3.63, 3.8) is 0 Å². The molecule has 0 radical (unpaired) electrons. The van der Waals surface area contributed by atoms with Crippen LogP contribution in [0.1, 0.15) is 46.3 Å². The van der Waals surface area contributed by atoms with Crippen molar-refractivity contribution in [2.45, 2.75) is 38.8 Å². The summed E-state index contributed by atoms with van der Waals surface area (Å²) in [4.78, 5) is 25.8. The summed E-state index contributed by atoms with van der Waals surface area (Å²) in [6.45, 7) is 3.59. The molecule has 1 heterocycles. The summed E-state index contributed by atoms with van der Waals surface area (Å²) in [6, 6.07) is 18.9. The molecule has 0 bridgehead atoms. The highest BCUT2D eigenvalue weighted by molar-refractivity contribution is 5.94. The maximum absolute atomic E-state index is 13.1. The normalized spacial score (nSPS) is 14.3. The Morgan fingerprint density at radius 2 is 1.66 bits per heavy atom. The van der Waals surface area contributed by atoms with E-state index < -0.39 is 12.1 Å². The Hall–Kier alpha value is -3.41. The van der Waals surface area contributed by atoms with Gasteiger partial charge < -0.3 is 10.1 Å². The van der Waals surface area contributed by atoms with E-state index in [-0.39, 0.29) is 11.9 Å². The second kappa shape index (κ2) is 7.91. The molecule has 1 N–H and O–H groups in total. The first-order valence-electron chi connectivity index (χ1n) is 9.72. The minimum Gasteiger partial charge on any atom is -0.444 e. The van der Waals surface area contributed by atoms with Crippen molar-refractivity contribution in [1.82, 2.24) is 15.1 Å². The van der Waals surface area contributed by atoms with E-state index in [2.05, 4.69) is 10.4 Å². The van der Waals surface area contributed by atoms with Crippen molar-refractivity contribution in [1.29, 1.82) is 0 Å². The number of rotatable bonds is 6. The summed E-state index contributed by atoms with van der Waals surface area (Å²) in [5.41, 5.74) is 3.12. The molecule has 0 unspecified atom stereocenters. The third-order valence-corrected chi connectivity index (χ3v) is 4.99. The number of nitrogens with one attached hydrogen (secondary N) is 1. The molecule has 1 aliphatic carbocycles. The van der Waals surface area contributed by atoms with Crippen molar-refractivity contribution in [3.05, 3.63) is 83.2 Å². The molecular weight excluding hydrogens is 366 g/mol. The van der Waals surface area contributed by atoms with Gasteiger partial charge in [-0.1, -0.05) is 48.5 Å². The Balaban J connectivity index is 1.62. The van der Waals surface area contributed by atoms with E-state index in [9.17, 15) is 9.59 Å². The van der Waals surface area contributed by atoms with E-state index in [0.29, 0.717) is 22.5 Å². The molecule has 1 amide bonds. The highest BCUT2D eigenvalue weighted by Gasteiger charge is 2.32. The Labute approximate surface area is 169 Å². The summed E-state index contributed by atoms with van der Waals surface area (Å²) in [5.74, 6) is -0.847. The summed E-state index contributed by atoms with van der Waals surface area (Å²) >= 11 is 0. The standard InChI is InChI=1S/C23H23N3O3/c1-15-20(16(2)26(25-15)19-11-7-4-8-12-19)23(28)29-21(17-9-5-3-6-10-17)22(27)24-18-13-14-18/h3-12,18,21H,13-14H2,1-2H3,(H,24,27)/t21-/m1/s1. The minimum atomic E-state index is -0.997. The Morgan fingerprint density at radius 3 is 2.28 bits per heavy atom. The van der Waals surface area contributed by atoms with Crippen molar-refractivity contribution < 1.29 is 14.3 Å². The predicted octanol–water partition coefficient (Wildman–Crippen LogP) is 3.67. The lowest BCUT2D eigenvalue weighted by Gasteiger charge is -2.18. The van der Waals surface area contributed by atoms with Gasteiger partial charge in [-0.25, -0.2) is 9.48 Å². The SMILES string of the molecule is Cc1nn(-c2ccccc2)c(C)c1C(=O)O[C@@H](C(=O)NC1CC1)c1ccccc1. The summed E-state index contributed by atoms with van der Waals surface area (Å²) in [7, 11) is 0. The molecule has 6 nitrogen and oxygen atoms in total. The molecule has 2 aromatic carbocycles. The van der Waals surface area contributed by atoms with Crippen LogP contribution < -0.4 is 5.32 Å². The van der Waals surface area contributed by atoms with Crippen molar-refractivity contribution in [2.75, 3.05) is 0 Å². The van der Waals surface area contributed by atoms with Gasteiger partial charge in [0.05, 0.1) is 17.1 Å². The number of carbonyl (C=O) groups excluding carboxylic acids is 2. The summed E-state index contributed by atoms with van der Waals surface area (Å²) in [5, 5.41) is 7.43. The number of nitrogens with zero attached hydrogens (tertiary/aromatic N) is 2. The van der Waals surface area contributed by atoms with Crippen LogP contribution in [0.4, 0.5) is 0 Å². The maximum Gasteiger partial charge on any atom is 0.343 e. The first-order valence-corrected chi connectivity index (χ1v) is 9.72. The third-order valence-electron chi connectivity index (χ3n) is 4.99. The fourth-order valence-corrected chi connectivity index (χ4v) is 3.33. The van der Waals surface area contributed by atoms with Crippen molar-refractivity contribution in [2.24, 2.45) is 0 Å². The molecule has 0 saturated heterocycles. The molecule has 1 aromatic heterocycles. The highest BCUT2D eigenvalue weighted by atomic mass is 16.5. The number of aryl methyl sites for hydroxylation is 1. The lowest BCUT2D eigenvalue weighted by molar-refractivity contribution is -0.130. The smallest absolute Gasteiger partial charge is 0.343 e. The molecule has 1 fully saturated rings. The van der Waals surface area contributed by atoms with Crippen molar-refractivity contribution >= 4 is 11.9 Å². The quantitative estimate of drug-likeness (QED) is 0.653. The lowest BCUT2D eigenvalue weighted by Crippen LogP contribution is -2.33. The van der Waals surface area contributed by atoms with E-state index >= 15 is 0 Å². The van der Waals surface area contributed by atoms with E-state index in [0.717, 1.165) is 18.5 Å². The zero-order chi connectivity index (χ0) is 20.4. The average Bonchev–Trinajstić information content (AvgIpc) is 3.50. The molecule has 4 rings (SSSR count). The molecule has 1 atom stereocenters. The molecule has 3 aromatic rings. The van der Waals surface area contributed by atoms with Gasteiger partial charge in [-0.2, -0.15) is 5.10 Å². The number of aromatic nitrogens is 2. The first kappa shape index (κ1) is 18.9. The van der Waals surface area contributed by atoms with Crippen LogP contribution >= 0.6 is 0 Å². The van der Waals surface area contributed by atoms with Gasteiger partial charge in [-0.15, -0.1) is 0 Å².